The van der Waals surface area contributed by atoms with E-state index in [1.807, 2.05) is 30.3 Å². The third-order valence-electron chi connectivity index (χ3n) is 4.44. The molecule has 1 aliphatic heterocycles. The van der Waals surface area contributed by atoms with E-state index in [0.717, 1.165) is 35.9 Å². The molecule has 2 aromatic rings. The lowest BCUT2D eigenvalue weighted by Gasteiger charge is -2.27. The highest BCUT2D eigenvalue weighted by atomic mass is 35.5. The van der Waals surface area contributed by atoms with Crippen molar-refractivity contribution in [3.63, 3.8) is 0 Å². The minimum atomic E-state index is 0. The number of ether oxygens (including phenoxy) is 1. The van der Waals surface area contributed by atoms with Crippen molar-refractivity contribution in [2.45, 2.75) is 32.4 Å². The molecule has 1 aliphatic rings. The summed E-state index contributed by atoms with van der Waals surface area (Å²) in [7, 11) is 1.61. The van der Waals surface area contributed by atoms with Crippen molar-refractivity contribution in [2.75, 3.05) is 13.7 Å². The highest BCUT2D eigenvalue weighted by Gasteiger charge is 2.24. The molecule has 6 heteroatoms. The van der Waals surface area contributed by atoms with E-state index in [0.29, 0.717) is 18.5 Å². The third-order valence-corrected chi connectivity index (χ3v) is 4.44. The fourth-order valence-electron chi connectivity index (χ4n) is 3.17. The fraction of sp³-hybridized carbons (Fsp3) is 0.444. The minimum absolute atomic E-state index is 0. The van der Waals surface area contributed by atoms with Gasteiger partial charge < -0.3 is 15.4 Å². The summed E-state index contributed by atoms with van der Waals surface area (Å²) in [4.78, 5) is 16.9. The normalized spacial score (nSPS) is 20.2. The summed E-state index contributed by atoms with van der Waals surface area (Å²) in [5.74, 6) is 0.808. The van der Waals surface area contributed by atoms with Gasteiger partial charge in [-0.05, 0) is 37.9 Å². The Hall–Kier alpha value is -1.85. The summed E-state index contributed by atoms with van der Waals surface area (Å²) in [5.41, 5.74) is 1.91. The topological polar surface area (TPSA) is 63.2 Å². The van der Waals surface area contributed by atoms with Crippen LogP contribution in [-0.2, 0) is 11.3 Å². The lowest BCUT2D eigenvalue weighted by molar-refractivity contribution is -0.126. The van der Waals surface area contributed by atoms with Gasteiger partial charge in [0.15, 0.2) is 0 Å². The Kier molecular flexibility index (Phi) is 6.40. The molecular weight excluding hydrogens is 326 g/mol. The largest absolute Gasteiger partial charge is 0.481 e. The molecule has 0 unspecified atom stereocenters. The van der Waals surface area contributed by atoms with Gasteiger partial charge in [0.05, 0.1) is 12.6 Å². The Bertz CT molecular complexity index is 708. The molecule has 1 aromatic carbocycles. The van der Waals surface area contributed by atoms with E-state index in [2.05, 4.69) is 22.5 Å². The van der Waals surface area contributed by atoms with Crippen LogP contribution < -0.4 is 15.4 Å². The van der Waals surface area contributed by atoms with Crippen LogP contribution in [0.3, 0.4) is 0 Å². The van der Waals surface area contributed by atoms with E-state index < -0.39 is 0 Å². The van der Waals surface area contributed by atoms with Crippen LogP contribution in [0.2, 0.25) is 0 Å². The number of benzene rings is 1. The van der Waals surface area contributed by atoms with Gasteiger partial charge in [-0.1, -0.05) is 18.2 Å². The molecule has 2 atom stereocenters. The molecule has 0 spiro atoms. The summed E-state index contributed by atoms with van der Waals surface area (Å²) < 4.78 is 5.27. The van der Waals surface area contributed by atoms with Crippen LogP contribution >= 0.6 is 12.4 Å². The van der Waals surface area contributed by atoms with Gasteiger partial charge in [0.1, 0.15) is 0 Å². The summed E-state index contributed by atoms with van der Waals surface area (Å²) in [5, 5.41) is 7.51. The number of hydrogen-bond donors (Lipinski definition) is 2. The summed E-state index contributed by atoms with van der Waals surface area (Å²) >= 11 is 0. The number of nitrogens with zero attached hydrogens (tertiary/aromatic N) is 1. The number of carbonyl (C=O) groups is 1. The maximum absolute atomic E-state index is 12.4. The predicted octanol–water partition coefficient (Wildman–Crippen LogP) is 2.67. The van der Waals surface area contributed by atoms with Crippen molar-refractivity contribution in [1.82, 2.24) is 15.6 Å². The number of rotatable bonds is 4. The Morgan fingerprint density at radius 2 is 2.21 bits per heavy atom. The molecule has 1 saturated heterocycles. The lowest BCUT2D eigenvalue weighted by Crippen LogP contribution is -2.42. The molecule has 2 N–H and O–H groups in total. The Morgan fingerprint density at radius 3 is 2.96 bits per heavy atom. The van der Waals surface area contributed by atoms with E-state index in [9.17, 15) is 4.79 Å². The average Bonchev–Trinajstić information content (AvgIpc) is 2.59. The lowest BCUT2D eigenvalue weighted by atomic mass is 9.92. The first kappa shape index (κ1) is 18.5. The zero-order chi connectivity index (χ0) is 16.2. The highest BCUT2D eigenvalue weighted by Crippen LogP contribution is 2.22. The van der Waals surface area contributed by atoms with E-state index in [-0.39, 0.29) is 24.2 Å². The number of fused-ring (bicyclic) bond motifs is 1. The van der Waals surface area contributed by atoms with E-state index in [1.165, 1.54) is 0 Å². The van der Waals surface area contributed by atoms with Gasteiger partial charge in [-0.2, -0.15) is 0 Å². The van der Waals surface area contributed by atoms with Crippen LogP contribution in [0.4, 0.5) is 0 Å². The molecule has 0 bridgehead atoms. The smallest absolute Gasteiger partial charge is 0.223 e. The molecule has 1 fully saturated rings. The van der Waals surface area contributed by atoms with Crippen molar-refractivity contribution in [2.24, 2.45) is 5.92 Å². The third kappa shape index (κ3) is 4.16. The second kappa shape index (κ2) is 8.31. The number of halogens is 1. The van der Waals surface area contributed by atoms with Crippen LogP contribution in [0.5, 0.6) is 5.88 Å². The maximum atomic E-state index is 12.4. The molecule has 1 aromatic heterocycles. The number of nitrogens with one attached hydrogen (secondary N) is 2. The Labute approximate surface area is 148 Å². The number of hydrogen-bond acceptors (Lipinski definition) is 4. The SMILES string of the molecule is COc1cc(CNC(=O)[C@H]2CCN[C@@H](C)C2)c2ccccc2n1.Cl. The number of amides is 1. The monoisotopic (exact) mass is 349 g/mol. The maximum Gasteiger partial charge on any atom is 0.223 e. The first-order valence-electron chi connectivity index (χ1n) is 8.11. The second-order valence-corrected chi connectivity index (χ2v) is 6.14. The average molecular weight is 350 g/mol. The highest BCUT2D eigenvalue weighted by molar-refractivity contribution is 5.85. The van der Waals surface area contributed by atoms with Gasteiger partial charge in [0.2, 0.25) is 11.8 Å². The van der Waals surface area contributed by atoms with Crippen molar-refractivity contribution in [3.8, 4) is 5.88 Å². The zero-order valence-electron chi connectivity index (χ0n) is 14.0. The molecule has 0 radical (unpaired) electrons. The number of carbonyl (C=O) groups excluding carboxylic acids is 1. The van der Waals surface area contributed by atoms with Gasteiger partial charge in [-0.3, -0.25) is 4.79 Å². The summed E-state index contributed by atoms with van der Waals surface area (Å²) in [6.45, 7) is 3.53. The van der Waals surface area contributed by atoms with Crippen LogP contribution in [0.25, 0.3) is 10.9 Å². The first-order valence-corrected chi connectivity index (χ1v) is 8.11. The molecule has 3 rings (SSSR count). The number of methoxy groups -OCH3 is 1. The molecule has 0 saturated carbocycles. The van der Waals surface area contributed by atoms with Gasteiger partial charge in [-0.25, -0.2) is 4.98 Å². The Balaban J connectivity index is 0.00000208. The standard InChI is InChI=1S/C18H23N3O2.ClH/c1-12-9-13(7-8-19-12)18(22)20-11-14-10-17(23-2)21-16-6-4-3-5-15(14)16;/h3-6,10,12-13,19H,7-9,11H2,1-2H3,(H,20,22);1H/t12-,13-;/m0./s1. The molecular formula is C18H24ClN3O2. The summed E-state index contributed by atoms with van der Waals surface area (Å²) in [6.07, 6.45) is 1.79. The molecule has 5 nitrogen and oxygen atoms in total. The van der Waals surface area contributed by atoms with Gasteiger partial charge in [0, 0.05) is 30.0 Å². The number of para-hydroxylation sites is 1. The van der Waals surface area contributed by atoms with Crippen LogP contribution in [0.1, 0.15) is 25.3 Å². The van der Waals surface area contributed by atoms with Crippen molar-refractivity contribution in [1.29, 1.82) is 0 Å². The molecule has 2 heterocycles. The van der Waals surface area contributed by atoms with Crippen molar-refractivity contribution >= 4 is 29.2 Å². The minimum Gasteiger partial charge on any atom is -0.481 e. The van der Waals surface area contributed by atoms with Crippen LogP contribution in [-0.4, -0.2) is 30.6 Å². The van der Waals surface area contributed by atoms with Crippen molar-refractivity contribution in [3.05, 3.63) is 35.9 Å². The van der Waals surface area contributed by atoms with Crippen LogP contribution in [0, 0.1) is 5.92 Å². The number of pyridine rings is 1. The molecule has 0 aliphatic carbocycles. The van der Waals surface area contributed by atoms with E-state index >= 15 is 0 Å². The van der Waals surface area contributed by atoms with Crippen LogP contribution in [0.15, 0.2) is 30.3 Å². The fourth-order valence-corrected chi connectivity index (χ4v) is 3.17. The van der Waals surface area contributed by atoms with Crippen molar-refractivity contribution < 1.29 is 9.53 Å². The number of aromatic nitrogens is 1. The summed E-state index contributed by atoms with van der Waals surface area (Å²) in [6, 6.07) is 10.2. The van der Waals surface area contributed by atoms with Gasteiger partial charge in [-0.15, -0.1) is 12.4 Å². The predicted molar refractivity (Wildman–Crippen MR) is 97.6 cm³/mol. The van der Waals surface area contributed by atoms with E-state index in [1.54, 1.807) is 7.11 Å². The number of piperidine rings is 1. The van der Waals surface area contributed by atoms with Gasteiger partial charge >= 0.3 is 0 Å². The quantitative estimate of drug-likeness (QED) is 0.890. The second-order valence-electron chi connectivity index (χ2n) is 6.14. The first-order chi connectivity index (χ1) is 11.2. The Morgan fingerprint density at radius 1 is 1.42 bits per heavy atom. The zero-order valence-corrected chi connectivity index (χ0v) is 14.9. The molecule has 24 heavy (non-hydrogen) atoms. The van der Waals surface area contributed by atoms with Gasteiger partial charge in [0.25, 0.3) is 0 Å². The van der Waals surface area contributed by atoms with E-state index in [4.69, 9.17) is 4.74 Å². The molecule has 130 valence electrons. The molecule has 1 amide bonds.